The number of carbonyl (C=O) groups excluding carboxylic acids is 1. The Labute approximate surface area is 108 Å². The van der Waals surface area contributed by atoms with E-state index in [9.17, 15) is 4.79 Å². The minimum atomic E-state index is -0.205. The molecule has 16 heavy (non-hydrogen) atoms. The Morgan fingerprint density at radius 2 is 2.31 bits per heavy atom. The van der Waals surface area contributed by atoms with Crippen LogP contribution in [0.1, 0.15) is 13.3 Å². The second-order valence-electron chi connectivity index (χ2n) is 3.11. The van der Waals surface area contributed by atoms with Gasteiger partial charge in [0.1, 0.15) is 0 Å². The van der Waals surface area contributed by atoms with Crippen LogP contribution in [0.5, 0.6) is 0 Å². The van der Waals surface area contributed by atoms with E-state index in [-0.39, 0.29) is 5.97 Å². The Morgan fingerprint density at radius 1 is 1.56 bits per heavy atom. The Hall–Kier alpha value is -0.740. The van der Waals surface area contributed by atoms with Gasteiger partial charge >= 0.3 is 5.97 Å². The number of rotatable bonds is 5. The number of carbonyl (C=O) groups is 1. The first-order chi connectivity index (χ1) is 7.63. The first-order valence-corrected chi connectivity index (χ1v) is 6.15. The second kappa shape index (κ2) is 6.76. The lowest BCUT2D eigenvalue weighted by Gasteiger charge is -2.08. The topological polar surface area (TPSA) is 38.3 Å². The van der Waals surface area contributed by atoms with Gasteiger partial charge in [0.05, 0.1) is 23.7 Å². The zero-order valence-corrected chi connectivity index (χ0v) is 11.3. The fraction of sp³-hybridized carbons (Fsp3) is 0.364. The summed E-state index contributed by atoms with van der Waals surface area (Å²) in [4.78, 5) is 11.1. The summed E-state index contributed by atoms with van der Waals surface area (Å²) in [6.45, 7) is 2.72. The third-order valence-electron chi connectivity index (χ3n) is 1.88. The van der Waals surface area contributed by atoms with Crippen LogP contribution in [0.25, 0.3) is 0 Å². The van der Waals surface area contributed by atoms with Crippen molar-refractivity contribution >= 4 is 39.2 Å². The Balaban J connectivity index is 2.40. The molecule has 1 aromatic carbocycles. The predicted octanol–water partition coefficient (Wildman–Crippen LogP) is 3.47. The molecule has 1 aromatic rings. The molecule has 0 saturated carbocycles. The molecule has 0 atom stereocenters. The molecule has 0 aliphatic carbocycles. The van der Waals surface area contributed by atoms with E-state index < -0.39 is 0 Å². The van der Waals surface area contributed by atoms with Gasteiger partial charge in [0.2, 0.25) is 0 Å². The van der Waals surface area contributed by atoms with Crippen molar-refractivity contribution in [2.45, 2.75) is 13.3 Å². The van der Waals surface area contributed by atoms with Gasteiger partial charge in [-0.15, -0.1) is 0 Å². The smallest absolute Gasteiger partial charge is 0.307 e. The molecule has 0 spiro atoms. The number of halogens is 2. The predicted molar refractivity (Wildman–Crippen MR) is 68.9 cm³/mol. The van der Waals surface area contributed by atoms with E-state index in [4.69, 9.17) is 16.3 Å². The van der Waals surface area contributed by atoms with Crippen molar-refractivity contribution in [3.63, 3.8) is 0 Å². The van der Waals surface area contributed by atoms with Gasteiger partial charge in [0, 0.05) is 11.0 Å². The zero-order chi connectivity index (χ0) is 12.0. The van der Waals surface area contributed by atoms with Crippen molar-refractivity contribution in [3.05, 3.63) is 27.7 Å². The van der Waals surface area contributed by atoms with Crippen LogP contribution in [0.2, 0.25) is 5.02 Å². The summed E-state index contributed by atoms with van der Waals surface area (Å²) in [6, 6.07) is 5.55. The lowest BCUT2D eigenvalue weighted by Crippen LogP contribution is -2.11. The van der Waals surface area contributed by atoms with Crippen molar-refractivity contribution in [2.75, 3.05) is 18.5 Å². The molecule has 88 valence electrons. The molecule has 0 aliphatic heterocycles. The maximum absolute atomic E-state index is 11.1. The highest BCUT2D eigenvalue weighted by atomic mass is 79.9. The van der Waals surface area contributed by atoms with Crippen LogP contribution in [0.3, 0.4) is 0 Å². The lowest BCUT2D eigenvalue weighted by molar-refractivity contribution is -0.142. The lowest BCUT2D eigenvalue weighted by atomic mass is 10.3. The van der Waals surface area contributed by atoms with E-state index in [0.717, 1.165) is 10.2 Å². The van der Waals surface area contributed by atoms with Gasteiger partial charge in [-0.2, -0.15) is 0 Å². The van der Waals surface area contributed by atoms with Gasteiger partial charge in [0.15, 0.2) is 0 Å². The molecule has 0 fully saturated rings. The molecule has 0 aromatic heterocycles. The molecule has 1 N–H and O–H groups in total. The van der Waals surface area contributed by atoms with Gasteiger partial charge in [-0.25, -0.2) is 0 Å². The summed E-state index contributed by atoms with van der Waals surface area (Å²) >= 11 is 9.32. The maximum Gasteiger partial charge on any atom is 0.307 e. The van der Waals surface area contributed by atoms with Gasteiger partial charge in [-0.3, -0.25) is 4.79 Å². The maximum atomic E-state index is 11.1. The highest BCUT2D eigenvalue weighted by Gasteiger charge is 2.03. The van der Waals surface area contributed by atoms with Gasteiger partial charge in [-0.05, 0) is 25.1 Å². The van der Waals surface area contributed by atoms with E-state index in [1.165, 1.54) is 0 Å². The van der Waals surface area contributed by atoms with Crippen molar-refractivity contribution in [3.8, 4) is 0 Å². The van der Waals surface area contributed by atoms with Gasteiger partial charge < -0.3 is 10.1 Å². The normalized spacial score (nSPS) is 9.94. The summed E-state index contributed by atoms with van der Waals surface area (Å²) < 4.78 is 5.73. The molecule has 0 heterocycles. The zero-order valence-electron chi connectivity index (χ0n) is 8.93. The van der Waals surface area contributed by atoms with Crippen molar-refractivity contribution in [1.29, 1.82) is 0 Å². The molecule has 3 nitrogen and oxygen atoms in total. The fourth-order valence-corrected chi connectivity index (χ4v) is 1.91. The number of anilines is 1. The summed E-state index contributed by atoms with van der Waals surface area (Å²) in [7, 11) is 0. The number of hydrogen-bond acceptors (Lipinski definition) is 3. The quantitative estimate of drug-likeness (QED) is 0.847. The van der Waals surface area contributed by atoms with E-state index in [0.29, 0.717) is 24.6 Å². The molecule has 0 aliphatic rings. The van der Waals surface area contributed by atoms with Crippen LogP contribution >= 0.6 is 27.5 Å². The highest BCUT2D eigenvalue weighted by Crippen LogP contribution is 2.25. The van der Waals surface area contributed by atoms with Gasteiger partial charge in [0.25, 0.3) is 0 Å². The van der Waals surface area contributed by atoms with E-state index in [1.54, 1.807) is 13.0 Å². The molecule has 0 bridgehead atoms. The van der Waals surface area contributed by atoms with Crippen LogP contribution in [-0.4, -0.2) is 19.1 Å². The van der Waals surface area contributed by atoms with Crippen molar-refractivity contribution < 1.29 is 9.53 Å². The molecule has 0 radical (unpaired) electrons. The fourth-order valence-electron chi connectivity index (χ4n) is 1.17. The highest BCUT2D eigenvalue weighted by molar-refractivity contribution is 9.10. The molecule has 0 unspecified atom stereocenters. The van der Waals surface area contributed by atoms with Crippen LogP contribution < -0.4 is 5.32 Å². The minimum absolute atomic E-state index is 0.205. The Bertz CT molecular complexity index is 371. The SMILES string of the molecule is CCOC(=O)CCNc1ccc(Br)cc1Cl. The van der Waals surface area contributed by atoms with E-state index >= 15 is 0 Å². The first-order valence-electron chi connectivity index (χ1n) is 4.98. The summed E-state index contributed by atoms with van der Waals surface area (Å²) in [6.07, 6.45) is 0.334. The summed E-state index contributed by atoms with van der Waals surface area (Å²) in [5, 5.41) is 3.70. The summed E-state index contributed by atoms with van der Waals surface area (Å²) in [5.41, 5.74) is 0.814. The van der Waals surface area contributed by atoms with Crippen LogP contribution in [0.15, 0.2) is 22.7 Å². The standard InChI is InChI=1S/C11H13BrClNO2/c1-2-16-11(15)5-6-14-10-4-3-8(12)7-9(10)13/h3-4,7,14H,2,5-6H2,1H3. The second-order valence-corrected chi connectivity index (χ2v) is 4.43. The molecular formula is C11H13BrClNO2. The first kappa shape index (κ1) is 13.3. The van der Waals surface area contributed by atoms with Crippen LogP contribution in [-0.2, 0) is 9.53 Å². The molecule has 5 heteroatoms. The summed E-state index contributed by atoms with van der Waals surface area (Å²) in [5.74, 6) is -0.205. The number of nitrogens with one attached hydrogen (secondary N) is 1. The number of hydrogen-bond donors (Lipinski definition) is 1. The van der Waals surface area contributed by atoms with Gasteiger partial charge in [-0.1, -0.05) is 27.5 Å². The molecule has 0 saturated heterocycles. The third kappa shape index (κ3) is 4.41. The molecule has 1 rings (SSSR count). The van der Waals surface area contributed by atoms with E-state index in [2.05, 4.69) is 21.2 Å². The Kier molecular flexibility index (Phi) is 5.63. The molecular weight excluding hydrogens is 293 g/mol. The average molecular weight is 307 g/mol. The molecule has 0 amide bonds. The Morgan fingerprint density at radius 3 is 2.94 bits per heavy atom. The largest absolute Gasteiger partial charge is 0.466 e. The number of ether oxygens (including phenoxy) is 1. The van der Waals surface area contributed by atoms with E-state index in [1.807, 2.05) is 12.1 Å². The monoisotopic (exact) mass is 305 g/mol. The van der Waals surface area contributed by atoms with Crippen molar-refractivity contribution in [2.24, 2.45) is 0 Å². The van der Waals surface area contributed by atoms with Crippen LogP contribution in [0, 0.1) is 0 Å². The van der Waals surface area contributed by atoms with Crippen LogP contribution in [0.4, 0.5) is 5.69 Å². The minimum Gasteiger partial charge on any atom is -0.466 e. The number of benzene rings is 1. The average Bonchev–Trinajstić information content (AvgIpc) is 2.22. The third-order valence-corrected chi connectivity index (χ3v) is 2.69. The number of esters is 1. The van der Waals surface area contributed by atoms with Crippen molar-refractivity contribution in [1.82, 2.24) is 0 Å².